The van der Waals surface area contributed by atoms with E-state index in [0.717, 1.165) is 25.7 Å². The van der Waals surface area contributed by atoms with Crippen LogP contribution in [0.4, 0.5) is 0 Å². The predicted octanol–water partition coefficient (Wildman–Crippen LogP) is 2.55. The fourth-order valence-electron chi connectivity index (χ4n) is 2.82. The molecule has 1 amide bonds. The Bertz CT molecular complexity index is 549. The third kappa shape index (κ3) is 3.48. The average Bonchev–Trinajstić information content (AvgIpc) is 2.81. The molecule has 6 heteroatoms. The van der Waals surface area contributed by atoms with Crippen molar-refractivity contribution >= 4 is 11.9 Å². The monoisotopic (exact) mass is 307 g/mol. The third-order valence-electron chi connectivity index (χ3n) is 4.25. The van der Waals surface area contributed by atoms with Crippen LogP contribution in [-0.4, -0.2) is 32.3 Å². The zero-order chi connectivity index (χ0) is 16.4. The van der Waals surface area contributed by atoms with Crippen LogP contribution in [0.2, 0.25) is 0 Å². The van der Waals surface area contributed by atoms with E-state index in [9.17, 15) is 14.7 Å². The Morgan fingerprint density at radius 2 is 1.82 bits per heavy atom. The van der Waals surface area contributed by atoms with E-state index in [1.165, 1.54) is 6.20 Å². The lowest BCUT2D eigenvalue weighted by atomic mass is 9.90. The fraction of sp³-hybridized carbons (Fsp3) is 0.688. The Morgan fingerprint density at radius 3 is 2.27 bits per heavy atom. The molecule has 0 aromatic carbocycles. The molecule has 1 heterocycles. The highest BCUT2D eigenvalue weighted by Crippen LogP contribution is 2.28. The summed E-state index contributed by atoms with van der Waals surface area (Å²) >= 11 is 0. The number of rotatable bonds is 3. The van der Waals surface area contributed by atoms with Crippen molar-refractivity contribution in [1.82, 2.24) is 15.1 Å². The van der Waals surface area contributed by atoms with Gasteiger partial charge in [0.15, 0.2) is 0 Å². The lowest BCUT2D eigenvalue weighted by Gasteiger charge is -2.29. The first-order valence-electron chi connectivity index (χ1n) is 7.86. The van der Waals surface area contributed by atoms with Crippen molar-refractivity contribution in [3.63, 3.8) is 0 Å². The summed E-state index contributed by atoms with van der Waals surface area (Å²) in [6.07, 6.45) is 7.83. The van der Waals surface area contributed by atoms with Crippen LogP contribution in [-0.2, 0) is 10.3 Å². The van der Waals surface area contributed by atoms with Gasteiger partial charge in [-0.15, -0.1) is 0 Å². The SMILES string of the molecule is CC(C)(C)n1cc(C(=O)NC2(C(=O)O)CCCCCC2)cn1. The molecule has 22 heavy (non-hydrogen) atoms. The van der Waals surface area contributed by atoms with E-state index in [1.807, 2.05) is 20.8 Å². The van der Waals surface area contributed by atoms with Gasteiger partial charge in [0, 0.05) is 6.20 Å². The van der Waals surface area contributed by atoms with Crippen molar-refractivity contribution in [3.8, 4) is 0 Å². The number of aromatic nitrogens is 2. The summed E-state index contributed by atoms with van der Waals surface area (Å²) in [6.45, 7) is 5.98. The van der Waals surface area contributed by atoms with Crippen LogP contribution in [0.15, 0.2) is 12.4 Å². The minimum atomic E-state index is -1.14. The molecule has 1 aliphatic carbocycles. The van der Waals surface area contributed by atoms with Gasteiger partial charge in [0.25, 0.3) is 5.91 Å². The van der Waals surface area contributed by atoms with Crippen LogP contribution < -0.4 is 5.32 Å². The molecule has 1 fully saturated rings. The summed E-state index contributed by atoms with van der Waals surface area (Å²) in [6, 6.07) is 0. The van der Waals surface area contributed by atoms with Crippen LogP contribution in [0.3, 0.4) is 0 Å². The predicted molar refractivity (Wildman–Crippen MR) is 82.8 cm³/mol. The van der Waals surface area contributed by atoms with Gasteiger partial charge >= 0.3 is 5.97 Å². The molecule has 0 saturated heterocycles. The smallest absolute Gasteiger partial charge is 0.329 e. The third-order valence-corrected chi connectivity index (χ3v) is 4.25. The molecule has 1 saturated carbocycles. The maximum Gasteiger partial charge on any atom is 0.329 e. The summed E-state index contributed by atoms with van der Waals surface area (Å²) in [7, 11) is 0. The number of hydrogen-bond acceptors (Lipinski definition) is 3. The number of nitrogens with one attached hydrogen (secondary N) is 1. The number of carbonyl (C=O) groups is 2. The second kappa shape index (κ2) is 6.10. The molecule has 1 aromatic rings. The van der Waals surface area contributed by atoms with Crippen molar-refractivity contribution in [1.29, 1.82) is 0 Å². The highest BCUT2D eigenvalue weighted by molar-refractivity contribution is 5.97. The number of carbonyl (C=O) groups excluding carboxylic acids is 1. The summed E-state index contributed by atoms with van der Waals surface area (Å²) in [4.78, 5) is 24.2. The lowest BCUT2D eigenvalue weighted by molar-refractivity contribution is -0.145. The Kier molecular flexibility index (Phi) is 4.58. The Labute approximate surface area is 130 Å². The molecule has 0 bridgehead atoms. The van der Waals surface area contributed by atoms with E-state index >= 15 is 0 Å². The van der Waals surface area contributed by atoms with Gasteiger partial charge in [-0.1, -0.05) is 25.7 Å². The Morgan fingerprint density at radius 1 is 1.23 bits per heavy atom. The second-order valence-electron chi connectivity index (χ2n) is 7.10. The molecule has 0 unspecified atom stereocenters. The van der Waals surface area contributed by atoms with Gasteiger partial charge in [0.05, 0.1) is 17.3 Å². The van der Waals surface area contributed by atoms with Crippen molar-refractivity contribution in [2.75, 3.05) is 0 Å². The van der Waals surface area contributed by atoms with E-state index < -0.39 is 11.5 Å². The molecule has 2 rings (SSSR count). The normalized spacial score (nSPS) is 18.5. The van der Waals surface area contributed by atoms with Crippen molar-refractivity contribution in [3.05, 3.63) is 18.0 Å². The quantitative estimate of drug-likeness (QED) is 0.840. The van der Waals surface area contributed by atoms with Crippen LogP contribution in [0.25, 0.3) is 0 Å². The molecule has 2 N–H and O–H groups in total. The summed E-state index contributed by atoms with van der Waals surface area (Å²) in [5.41, 5.74) is -0.956. The van der Waals surface area contributed by atoms with Gasteiger partial charge in [0.2, 0.25) is 0 Å². The summed E-state index contributed by atoms with van der Waals surface area (Å²) in [5, 5.41) is 16.6. The molecular formula is C16H25N3O3. The number of carboxylic acid groups (broad SMARTS) is 1. The van der Waals surface area contributed by atoms with Crippen LogP contribution >= 0.6 is 0 Å². The largest absolute Gasteiger partial charge is 0.480 e. The first-order chi connectivity index (χ1) is 10.2. The zero-order valence-electron chi connectivity index (χ0n) is 13.6. The van der Waals surface area contributed by atoms with E-state index in [1.54, 1.807) is 10.9 Å². The molecule has 0 radical (unpaired) electrons. The minimum absolute atomic E-state index is 0.217. The Hall–Kier alpha value is -1.85. The molecule has 0 spiro atoms. The number of aliphatic carboxylic acids is 1. The van der Waals surface area contributed by atoms with E-state index in [0.29, 0.717) is 18.4 Å². The van der Waals surface area contributed by atoms with Gasteiger partial charge in [-0.3, -0.25) is 9.48 Å². The molecule has 122 valence electrons. The number of carboxylic acids is 1. The molecule has 1 aromatic heterocycles. The van der Waals surface area contributed by atoms with Crippen LogP contribution in [0.5, 0.6) is 0 Å². The maximum atomic E-state index is 12.4. The van der Waals surface area contributed by atoms with E-state index in [2.05, 4.69) is 10.4 Å². The van der Waals surface area contributed by atoms with Crippen molar-refractivity contribution in [2.45, 2.75) is 70.4 Å². The minimum Gasteiger partial charge on any atom is -0.480 e. The molecular weight excluding hydrogens is 282 g/mol. The average molecular weight is 307 g/mol. The molecule has 0 aliphatic heterocycles. The molecule has 0 atom stereocenters. The van der Waals surface area contributed by atoms with Gasteiger partial charge in [-0.05, 0) is 33.6 Å². The van der Waals surface area contributed by atoms with Gasteiger partial charge in [-0.2, -0.15) is 5.10 Å². The molecule has 6 nitrogen and oxygen atoms in total. The number of hydrogen-bond donors (Lipinski definition) is 2. The highest BCUT2D eigenvalue weighted by atomic mass is 16.4. The zero-order valence-corrected chi connectivity index (χ0v) is 13.6. The van der Waals surface area contributed by atoms with Gasteiger partial charge < -0.3 is 10.4 Å². The number of amides is 1. The maximum absolute atomic E-state index is 12.4. The summed E-state index contributed by atoms with van der Waals surface area (Å²) < 4.78 is 1.71. The number of nitrogens with zero attached hydrogens (tertiary/aromatic N) is 2. The first-order valence-corrected chi connectivity index (χ1v) is 7.86. The van der Waals surface area contributed by atoms with Crippen LogP contribution in [0.1, 0.15) is 69.7 Å². The summed E-state index contributed by atoms with van der Waals surface area (Å²) in [5.74, 6) is -1.30. The van der Waals surface area contributed by atoms with E-state index in [-0.39, 0.29) is 11.4 Å². The van der Waals surface area contributed by atoms with Crippen molar-refractivity contribution < 1.29 is 14.7 Å². The lowest BCUT2D eigenvalue weighted by Crippen LogP contribution is -2.54. The van der Waals surface area contributed by atoms with Crippen molar-refractivity contribution in [2.24, 2.45) is 0 Å². The first kappa shape index (κ1) is 16.5. The standard InChI is InChI=1S/C16H25N3O3/c1-15(2,3)19-11-12(10-17-19)13(20)18-16(14(21)22)8-6-4-5-7-9-16/h10-11H,4-9H2,1-3H3,(H,18,20)(H,21,22). The van der Waals surface area contributed by atoms with Gasteiger partial charge in [0.1, 0.15) is 5.54 Å². The topological polar surface area (TPSA) is 84.2 Å². The fourth-order valence-corrected chi connectivity index (χ4v) is 2.82. The Balaban J connectivity index is 2.18. The highest BCUT2D eigenvalue weighted by Gasteiger charge is 2.40. The second-order valence-corrected chi connectivity index (χ2v) is 7.10. The van der Waals surface area contributed by atoms with E-state index in [4.69, 9.17) is 0 Å². The van der Waals surface area contributed by atoms with Crippen LogP contribution in [0, 0.1) is 0 Å². The molecule has 1 aliphatic rings. The van der Waals surface area contributed by atoms with Gasteiger partial charge in [-0.25, -0.2) is 4.79 Å².